The average Bonchev–Trinajstić information content (AvgIpc) is 3.45. The maximum Gasteiger partial charge on any atom is 0.351 e. The summed E-state index contributed by atoms with van der Waals surface area (Å²) in [4.78, 5) is 17.1. The van der Waals surface area contributed by atoms with Gasteiger partial charge in [-0.25, -0.2) is 4.79 Å². The van der Waals surface area contributed by atoms with E-state index >= 15 is 0 Å². The summed E-state index contributed by atoms with van der Waals surface area (Å²) in [6, 6.07) is 27.1. The first-order valence-electron chi connectivity index (χ1n) is 15.2. The van der Waals surface area contributed by atoms with Crippen LogP contribution in [0.15, 0.2) is 95.9 Å². The van der Waals surface area contributed by atoms with Gasteiger partial charge in [0.1, 0.15) is 35.2 Å². The molecule has 10 heteroatoms. The second kappa shape index (κ2) is 15.2. The quantitative estimate of drug-likeness (QED) is 0.131. The zero-order valence-corrected chi connectivity index (χ0v) is 25.7. The van der Waals surface area contributed by atoms with Crippen LogP contribution in [0.25, 0.3) is 0 Å². The minimum atomic E-state index is -1.07. The fraction of sp³-hybridized carbons (Fsp3) is 0.371. The predicted molar refractivity (Wildman–Crippen MR) is 171 cm³/mol. The molecule has 5 rings (SSSR count). The summed E-state index contributed by atoms with van der Waals surface area (Å²) in [6.07, 6.45) is 2.08. The van der Waals surface area contributed by atoms with Crippen molar-refractivity contribution in [3.05, 3.63) is 118 Å². The fourth-order valence-corrected chi connectivity index (χ4v) is 5.68. The van der Waals surface area contributed by atoms with Gasteiger partial charge in [-0.3, -0.25) is 4.57 Å². The summed E-state index contributed by atoms with van der Waals surface area (Å²) < 4.78 is 25.4. The van der Waals surface area contributed by atoms with Gasteiger partial charge in [-0.1, -0.05) is 54.6 Å². The lowest BCUT2D eigenvalue weighted by molar-refractivity contribution is -0.0944. The van der Waals surface area contributed by atoms with Crippen LogP contribution in [-0.2, 0) is 15.1 Å². The Morgan fingerprint density at radius 3 is 2.09 bits per heavy atom. The number of aliphatic hydroxyl groups is 2. The topological polar surface area (TPSA) is 124 Å². The molecule has 238 valence electrons. The second-order valence-electron chi connectivity index (χ2n) is 11.0. The molecular formula is C35H41N3O7. The monoisotopic (exact) mass is 615 g/mol. The summed E-state index contributed by atoms with van der Waals surface area (Å²) in [5.41, 5.74) is 1.09. The number of methoxy groups -OCH3 is 2. The number of nitrogens with zero attached hydrogens (tertiary/aromatic N) is 2. The lowest BCUT2D eigenvalue weighted by Crippen LogP contribution is -2.38. The summed E-state index contributed by atoms with van der Waals surface area (Å²) in [6.45, 7) is 0.865. The van der Waals surface area contributed by atoms with Crippen molar-refractivity contribution in [3.63, 3.8) is 0 Å². The van der Waals surface area contributed by atoms with Crippen LogP contribution in [0.5, 0.6) is 11.5 Å². The zero-order chi connectivity index (χ0) is 31.6. The third-order valence-electron chi connectivity index (χ3n) is 8.12. The minimum Gasteiger partial charge on any atom is -0.497 e. The molecule has 0 aliphatic carbocycles. The van der Waals surface area contributed by atoms with Gasteiger partial charge in [-0.2, -0.15) is 4.98 Å². The summed E-state index contributed by atoms with van der Waals surface area (Å²) in [5.74, 6) is 1.91. The molecule has 1 saturated heterocycles. The second-order valence-corrected chi connectivity index (χ2v) is 11.0. The number of aliphatic hydroxyl groups excluding tert-OH is 2. The van der Waals surface area contributed by atoms with Crippen LogP contribution in [0.2, 0.25) is 0 Å². The number of unbranched alkanes of at least 4 members (excludes halogenated alkanes) is 2. The number of hydrogen-bond acceptors (Lipinski definition) is 9. The van der Waals surface area contributed by atoms with Crippen molar-refractivity contribution in [1.29, 1.82) is 0 Å². The molecule has 0 spiro atoms. The molecule has 10 nitrogen and oxygen atoms in total. The number of ether oxygens (including phenoxy) is 4. The first-order valence-corrected chi connectivity index (χ1v) is 15.2. The van der Waals surface area contributed by atoms with E-state index in [1.165, 1.54) is 4.57 Å². The summed E-state index contributed by atoms with van der Waals surface area (Å²) in [5, 5.41) is 23.2. The van der Waals surface area contributed by atoms with Crippen molar-refractivity contribution >= 4 is 5.82 Å². The highest BCUT2D eigenvalue weighted by molar-refractivity contribution is 5.49. The molecule has 3 N–H and O–H groups in total. The molecule has 2 heterocycles. The Hall–Kier alpha value is -4.22. The Labute approximate surface area is 263 Å². The number of hydrogen-bond donors (Lipinski definition) is 3. The van der Waals surface area contributed by atoms with E-state index in [0.717, 1.165) is 47.5 Å². The first-order chi connectivity index (χ1) is 22.0. The van der Waals surface area contributed by atoms with Crippen LogP contribution in [0.1, 0.15) is 48.6 Å². The third-order valence-corrected chi connectivity index (χ3v) is 8.12. The molecule has 3 atom stereocenters. The van der Waals surface area contributed by atoms with Crippen molar-refractivity contribution in [2.24, 2.45) is 0 Å². The van der Waals surface area contributed by atoms with Crippen molar-refractivity contribution in [2.75, 3.05) is 39.3 Å². The highest BCUT2D eigenvalue weighted by Crippen LogP contribution is 2.42. The van der Waals surface area contributed by atoms with Gasteiger partial charge >= 0.3 is 5.69 Å². The van der Waals surface area contributed by atoms with E-state index in [2.05, 4.69) is 10.3 Å². The number of rotatable bonds is 15. The van der Waals surface area contributed by atoms with Crippen molar-refractivity contribution in [2.45, 2.75) is 49.7 Å². The van der Waals surface area contributed by atoms with E-state index in [4.69, 9.17) is 24.1 Å². The van der Waals surface area contributed by atoms with E-state index in [0.29, 0.717) is 12.4 Å². The summed E-state index contributed by atoms with van der Waals surface area (Å²) >= 11 is 0. The molecule has 0 bridgehead atoms. The normalized spacial score (nSPS) is 18.1. The van der Waals surface area contributed by atoms with Crippen molar-refractivity contribution < 1.29 is 29.2 Å². The molecule has 1 aliphatic rings. The van der Waals surface area contributed by atoms with Crippen LogP contribution in [0.4, 0.5) is 5.82 Å². The lowest BCUT2D eigenvalue weighted by atomic mass is 9.80. The lowest BCUT2D eigenvalue weighted by Gasteiger charge is -2.37. The molecule has 45 heavy (non-hydrogen) atoms. The number of aromatic nitrogens is 2. The molecule has 0 amide bonds. The number of nitrogens with one attached hydrogen (secondary N) is 1. The Morgan fingerprint density at radius 2 is 1.51 bits per heavy atom. The van der Waals surface area contributed by atoms with Gasteiger partial charge in [0.05, 0.1) is 26.9 Å². The van der Waals surface area contributed by atoms with E-state index in [1.54, 1.807) is 26.5 Å². The summed E-state index contributed by atoms with van der Waals surface area (Å²) in [7, 11) is 3.25. The smallest absolute Gasteiger partial charge is 0.351 e. The van der Waals surface area contributed by atoms with Gasteiger partial charge in [-0.05, 0) is 66.3 Å². The van der Waals surface area contributed by atoms with E-state index in [9.17, 15) is 9.90 Å². The predicted octanol–water partition coefficient (Wildman–Crippen LogP) is 4.49. The number of anilines is 1. The first kappa shape index (κ1) is 32.2. The Bertz CT molecular complexity index is 1500. The van der Waals surface area contributed by atoms with Crippen LogP contribution in [-0.4, -0.2) is 66.0 Å². The highest BCUT2D eigenvalue weighted by atomic mass is 16.6. The molecule has 0 radical (unpaired) electrons. The molecule has 3 aromatic carbocycles. The Morgan fingerprint density at radius 1 is 0.889 bits per heavy atom. The zero-order valence-electron chi connectivity index (χ0n) is 25.7. The van der Waals surface area contributed by atoms with E-state index in [-0.39, 0.29) is 19.6 Å². The highest BCUT2D eigenvalue weighted by Gasteiger charge is 2.42. The van der Waals surface area contributed by atoms with Gasteiger partial charge in [-0.15, -0.1) is 0 Å². The van der Waals surface area contributed by atoms with Gasteiger partial charge < -0.3 is 34.5 Å². The van der Waals surface area contributed by atoms with Gasteiger partial charge in [0.25, 0.3) is 0 Å². The largest absolute Gasteiger partial charge is 0.497 e. The molecule has 0 saturated carbocycles. The molecule has 0 unspecified atom stereocenters. The molecule has 4 aromatic rings. The average molecular weight is 616 g/mol. The van der Waals surface area contributed by atoms with Gasteiger partial charge in [0.15, 0.2) is 0 Å². The molecular weight excluding hydrogens is 574 g/mol. The standard InChI is InChI=1S/C35H41N3O7/c1-42-28-15-11-26(12-16-28)35(25-9-5-3-6-10-25,27-13-17-29(43-2)18-14-27)44-24-31-30(40)23-33(45-31)38-21-19-32(37-34(38)41)36-20-7-4-8-22-39/h3,5-6,9-19,21,30-31,33,39-40H,4,7-8,20,22-24H2,1-2H3,(H,36,37,41)/t30-,31+,33+/m0/s1. The van der Waals surface area contributed by atoms with Crippen LogP contribution < -0.4 is 20.5 Å². The maximum absolute atomic E-state index is 12.9. The van der Waals surface area contributed by atoms with Gasteiger partial charge in [0, 0.05) is 25.8 Å². The third kappa shape index (κ3) is 7.37. The van der Waals surface area contributed by atoms with Crippen molar-refractivity contribution in [3.8, 4) is 11.5 Å². The van der Waals surface area contributed by atoms with Crippen molar-refractivity contribution in [1.82, 2.24) is 9.55 Å². The van der Waals surface area contributed by atoms with Crippen LogP contribution in [0, 0.1) is 0 Å². The van der Waals surface area contributed by atoms with E-state index < -0.39 is 29.7 Å². The minimum absolute atomic E-state index is 0.0419. The fourth-order valence-electron chi connectivity index (χ4n) is 5.68. The van der Waals surface area contributed by atoms with Crippen LogP contribution in [0.3, 0.4) is 0 Å². The Balaban J connectivity index is 1.40. The van der Waals surface area contributed by atoms with E-state index in [1.807, 2.05) is 78.9 Å². The Kier molecular flexibility index (Phi) is 10.9. The molecule has 1 aliphatic heterocycles. The number of benzene rings is 3. The van der Waals surface area contributed by atoms with Gasteiger partial charge in [0.2, 0.25) is 0 Å². The van der Waals surface area contributed by atoms with Crippen LogP contribution >= 0.6 is 0 Å². The maximum atomic E-state index is 12.9. The molecule has 1 aromatic heterocycles. The molecule has 1 fully saturated rings. The SMILES string of the molecule is COc1ccc(C(OC[C@H]2O[C@@H](n3ccc(NCCCCCO)nc3=O)C[C@@H]2O)(c2ccccc2)c2ccc(OC)cc2)cc1.